The van der Waals surface area contributed by atoms with Gasteiger partial charge in [-0.1, -0.05) is 23.7 Å². The second kappa shape index (κ2) is 5.72. The largest absolute Gasteiger partial charge is 0.309 e. The van der Waals surface area contributed by atoms with Crippen LogP contribution >= 0.6 is 11.6 Å². The SMILES string of the molecule is CNC(c1cc(C)cc(Cl)c1)c1cc(F)ccc1C. The normalized spacial score (nSPS) is 12.5. The molecule has 0 aliphatic carbocycles. The van der Waals surface area contributed by atoms with Gasteiger partial charge in [0.05, 0.1) is 6.04 Å². The van der Waals surface area contributed by atoms with Crippen LogP contribution in [-0.2, 0) is 0 Å². The number of benzene rings is 2. The minimum Gasteiger partial charge on any atom is -0.309 e. The van der Waals surface area contributed by atoms with Crippen LogP contribution in [0.5, 0.6) is 0 Å². The highest BCUT2D eigenvalue weighted by molar-refractivity contribution is 6.30. The zero-order valence-corrected chi connectivity index (χ0v) is 12.1. The van der Waals surface area contributed by atoms with E-state index in [-0.39, 0.29) is 11.9 Å². The molecule has 0 spiro atoms. The molecule has 0 saturated carbocycles. The molecule has 2 rings (SSSR count). The third kappa shape index (κ3) is 3.14. The Morgan fingerprint density at radius 1 is 1.11 bits per heavy atom. The fourth-order valence-corrected chi connectivity index (χ4v) is 2.65. The molecule has 0 saturated heterocycles. The summed E-state index contributed by atoms with van der Waals surface area (Å²) >= 11 is 6.11. The van der Waals surface area contributed by atoms with Gasteiger partial charge in [-0.15, -0.1) is 0 Å². The van der Waals surface area contributed by atoms with Gasteiger partial charge in [0.1, 0.15) is 5.82 Å². The first-order valence-electron chi connectivity index (χ1n) is 6.21. The molecular formula is C16H17ClFN. The van der Waals surface area contributed by atoms with Crippen molar-refractivity contribution in [1.29, 1.82) is 0 Å². The molecule has 0 aliphatic rings. The molecule has 1 N–H and O–H groups in total. The fourth-order valence-electron chi connectivity index (χ4n) is 2.36. The number of hydrogen-bond acceptors (Lipinski definition) is 1. The molecular weight excluding hydrogens is 261 g/mol. The highest BCUT2D eigenvalue weighted by Crippen LogP contribution is 2.28. The summed E-state index contributed by atoms with van der Waals surface area (Å²) in [6.07, 6.45) is 0. The second-order valence-corrected chi connectivity index (χ2v) is 5.22. The number of hydrogen-bond donors (Lipinski definition) is 1. The summed E-state index contributed by atoms with van der Waals surface area (Å²) in [5.41, 5.74) is 4.13. The lowest BCUT2D eigenvalue weighted by atomic mass is 9.94. The van der Waals surface area contributed by atoms with E-state index >= 15 is 0 Å². The Labute approximate surface area is 118 Å². The van der Waals surface area contributed by atoms with Crippen molar-refractivity contribution in [3.8, 4) is 0 Å². The Kier molecular flexibility index (Phi) is 4.23. The molecule has 100 valence electrons. The van der Waals surface area contributed by atoms with E-state index in [1.165, 1.54) is 6.07 Å². The summed E-state index contributed by atoms with van der Waals surface area (Å²) in [5.74, 6) is -0.223. The van der Waals surface area contributed by atoms with Gasteiger partial charge in [-0.25, -0.2) is 4.39 Å². The lowest BCUT2D eigenvalue weighted by Gasteiger charge is -2.20. The number of aryl methyl sites for hydroxylation is 2. The van der Waals surface area contributed by atoms with Crippen molar-refractivity contribution < 1.29 is 4.39 Å². The minimum atomic E-state index is -0.223. The highest BCUT2D eigenvalue weighted by atomic mass is 35.5. The topological polar surface area (TPSA) is 12.0 Å². The average Bonchev–Trinajstić information content (AvgIpc) is 2.33. The molecule has 1 nitrogen and oxygen atoms in total. The van der Waals surface area contributed by atoms with Crippen molar-refractivity contribution in [2.75, 3.05) is 7.05 Å². The van der Waals surface area contributed by atoms with Crippen LogP contribution in [0.3, 0.4) is 0 Å². The zero-order chi connectivity index (χ0) is 14.0. The summed E-state index contributed by atoms with van der Waals surface area (Å²) in [7, 11) is 1.87. The van der Waals surface area contributed by atoms with E-state index in [4.69, 9.17) is 11.6 Å². The van der Waals surface area contributed by atoms with E-state index in [9.17, 15) is 4.39 Å². The molecule has 1 atom stereocenters. The van der Waals surface area contributed by atoms with Gasteiger partial charge in [-0.05, 0) is 67.4 Å². The Bertz CT molecular complexity index is 575. The molecule has 0 bridgehead atoms. The highest BCUT2D eigenvalue weighted by Gasteiger charge is 2.15. The van der Waals surface area contributed by atoms with Gasteiger partial charge in [0.15, 0.2) is 0 Å². The van der Waals surface area contributed by atoms with E-state index in [0.29, 0.717) is 5.02 Å². The van der Waals surface area contributed by atoms with Gasteiger partial charge < -0.3 is 5.32 Å². The molecule has 0 radical (unpaired) electrons. The maximum atomic E-state index is 13.5. The first-order chi connectivity index (χ1) is 9.01. The van der Waals surface area contributed by atoms with Crippen molar-refractivity contribution in [2.45, 2.75) is 19.9 Å². The van der Waals surface area contributed by atoms with Gasteiger partial charge in [0.2, 0.25) is 0 Å². The molecule has 0 aromatic heterocycles. The lowest BCUT2D eigenvalue weighted by molar-refractivity contribution is 0.615. The molecule has 19 heavy (non-hydrogen) atoms. The maximum absolute atomic E-state index is 13.5. The number of rotatable bonds is 3. The smallest absolute Gasteiger partial charge is 0.123 e. The van der Waals surface area contributed by atoms with Crippen LogP contribution in [-0.4, -0.2) is 7.05 Å². The first kappa shape index (κ1) is 14.0. The standard InChI is InChI=1S/C16H17ClFN/c1-10-6-12(8-13(17)7-10)16(19-3)15-9-14(18)5-4-11(15)2/h4-9,16,19H,1-3H3. The van der Waals surface area contributed by atoms with Crippen LogP contribution in [0.4, 0.5) is 4.39 Å². The molecule has 0 amide bonds. The summed E-state index contributed by atoms with van der Waals surface area (Å²) < 4.78 is 13.5. The van der Waals surface area contributed by atoms with Crippen LogP contribution in [0.15, 0.2) is 36.4 Å². The molecule has 0 aliphatic heterocycles. The second-order valence-electron chi connectivity index (χ2n) is 4.78. The molecule has 3 heteroatoms. The van der Waals surface area contributed by atoms with Crippen molar-refractivity contribution >= 4 is 11.6 Å². The zero-order valence-electron chi connectivity index (χ0n) is 11.3. The number of halogens is 2. The predicted octanol–water partition coefficient (Wildman–Crippen LogP) is 4.40. The van der Waals surface area contributed by atoms with Gasteiger partial charge in [0, 0.05) is 5.02 Å². The predicted molar refractivity (Wildman–Crippen MR) is 78.2 cm³/mol. The van der Waals surface area contributed by atoms with Crippen LogP contribution < -0.4 is 5.32 Å². The van der Waals surface area contributed by atoms with Gasteiger partial charge in [-0.3, -0.25) is 0 Å². The Morgan fingerprint density at radius 3 is 2.47 bits per heavy atom. The van der Waals surface area contributed by atoms with Gasteiger partial charge in [0.25, 0.3) is 0 Å². The Balaban J connectivity index is 2.52. The maximum Gasteiger partial charge on any atom is 0.123 e. The molecule has 2 aromatic rings. The fraction of sp³-hybridized carbons (Fsp3) is 0.250. The van der Waals surface area contributed by atoms with Crippen molar-refractivity contribution in [1.82, 2.24) is 5.32 Å². The van der Waals surface area contributed by atoms with Crippen LogP contribution in [0, 0.1) is 19.7 Å². The summed E-state index contributed by atoms with van der Waals surface area (Å²) in [6, 6.07) is 10.7. The average molecular weight is 278 g/mol. The lowest BCUT2D eigenvalue weighted by Crippen LogP contribution is -2.19. The summed E-state index contributed by atoms with van der Waals surface area (Å²) in [4.78, 5) is 0. The third-order valence-electron chi connectivity index (χ3n) is 3.24. The van der Waals surface area contributed by atoms with E-state index in [1.807, 2.05) is 33.0 Å². The minimum absolute atomic E-state index is 0.0619. The van der Waals surface area contributed by atoms with E-state index in [2.05, 4.69) is 11.4 Å². The quantitative estimate of drug-likeness (QED) is 0.876. The Hall–Kier alpha value is -1.38. The van der Waals surface area contributed by atoms with E-state index < -0.39 is 0 Å². The molecule has 0 heterocycles. The van der Waals surface area contributed by atoms with Crippen molar-refractivity contribution in [3.05, 3.63) is 69.5 Å². The van der Waals surface area contributed by atoms with Crippen LogP contribution in [0.25, 0.3) is 0 Å². The van der Waals surface area contributed by atoms with E-state index in [0.717, 1.165) is 22.3 Å². The summed E-state index contributed by atoms with van der Waals surface area (Å²) in [6.45, 7) is 3.98. The van der Waals surface area contributed by atoms with Crippen LogP contribution in [0.2, 0.25) is 5.02 Å². The summed E-state index contributed by atoms with van der Waals surface area (Å²) in [5, 5.41) is 3.93. The number of nitrogens with one attached hydrogen (secondary N) is 1. The monoisotopic (exact) mass is 277 g/mol. The first-order valence-corrected chi connectivity index (χ1v) is 6.59. The van der Waals surface area contributed by atoms with Crippen LogP contribution in [0.1, 0.15) is 28.3 Å². The van der Waals surface area contributed by atoms with Gasteiger partial charge >= 0.3 is 0 Å². The van der Waals surface area contributed by atoms with Crippen molar-refractivity contribution in [2.24, 2.45) is 0 Å². The third-order valence-corrected chi connectivity index (χ3v) is 3.46. The molecule has 0 fully saturated rings. The van der Waals surface area contributed by atoms with Gasteiger partial charge in [-0.2, -0.15) is 0 Å². The molecule has 2 aromatic carbocycles. The van der Waals surface area contributed by atoms with E-state index in [1.54, 1.807) is 12.1 Å². The Morgan fingerprint density at radius 2 is 1.84 bits per heavy atom. The van der Waals surface area contributed by atoms with Crippen molar-refractivity contribution in [3.63, 3.8) is 0 Å². The molecule has 1 unspecified atom stereocenters.